The molecule has 8 nitrogen and oxygen atoms in total. The third-order valence-electron chi connectivity index (χ3n) is 4.12. The molecule has 0 aliphatic heterocycles. The molecule has 4 aromatic rings. The van der Waals surface area contributed by atoms with Gasteiger partial charge in [-0.2, -0.15) is 13.9 Å². The normalized spacial score (nSPS) is 11.5. The van der Waals surface area contributed by atoms with Crippen LogP contribution in [0.15, 0.2) is 70.2 Å². The monoisotopic (exact) mass is 443 g/mol. The van der Waals surface area contributed by atoms with Crippen molar-refractivity contribution < 1.29 is 18.0 Å². The van der Waals surface area contributed by atoms with Gasteiger partial charge in [-0.15, -0.1) is 0 Å². The van der Waals surface area contributed by atoms with Crippen molar-refractivity contribution in [3.63, 3.8) is 0 Å². The first-order chi connectivity index (χ1) is 14.9. The molecule has 3 aromatic heterocycles. The van der Waals surface area contributed by atoms with Gasteiger partial charge >= 0.3 is 6.01 Å². The van der Waals surface area contributed by atoms with Gasteiger partial charge in [0.15, 0.2) is 12.4 Å². The maximum Gasteiger partial charge on any atom is 0.316 e. The van der Waals surface area contributed by atoms with Crippen LogP contribution in [0.3, 0.4) is 0 Å². The summed E-state index contributed by atoms with van der Waals surface area (Å²) in [6, 6.07) is 13.9. The van der Waals surface area contributed by atoms with E-state index in [1.54, 1.807) is 6.07 Å². The molecule has 0 N–H and O–H groups in total. The van der Waals surface area contributed by atoms with Crippen LogP contribution in [0.25, 0.3) is 22.5 Å². The summed E-state index contributed by atoms with van der Waals surface area (Å²) in [4.78, 5) is 20.0. The van der Waals surface area contributed by atoms with E-state index in [0.717, 1.165) is 5.56 Å². The lowest BCUT2D eigenvalue weighted by molar-refractivity contribution is 0.0422. The molecule has 158 valence electrons. The van der Waals surface area contributed by atoms with Gasteiger partial charge in [0, 0.05) is 35.7 Å². The Morgan fingerprint density at radius 2 is 1.77 bits per heavy atom. The Bertz CT molecular complexity index is 1220. The van der Waals surface area contributed by atoms with Gasteiger partial charge in [-0.3, -0.25) is 4.79 Å². The Hall–Kier alpha value is -3.52. The summed E-state index contributed by atoms with van der Waals surface area (Å²) in [6.45, 7) is -0.778. The second-order valence-corrected chi connectivity index (χ2v) is 7.41. The van der Waals surface area contributed by atoms with Crippen LogP contribution in [0, 0.1) is 0 Å². The van der Waals surface area contributed by atoms with Crippen molar-refractivity contribution in [2.45, 2.75) is 12.2 Å². The van der Waals surface area contributed by atoms with Gasteiger partial charge in [0.2, 0.25) is 0 Å². The van der Waals surface area contributed by atoms with Crippen molar-refractivity contribution in [2.24, 2.45) is 0 Å². The number of benzene rings is 1. The van der Waals surface area contributed by atoms with Gasteiger partial charge in [0.05, 0.1) is 5.69 Å². The van der Waals surface area contributed by atoms with Gasteiger partial charge in [-0.25, -0.2) is 14.6 Å². The van der Waals surface area contributed by atoms with Crippen molar-refractivity contribution in [3.05, 3.63) is 77.0 Å². The quantitative estimate of drug-likeness (QED) is 0.405. The van der Waals surface area contributed by atoms with Gasteiger partial charge in [-0.05, 0) is 6.07 Å². The summed E-state index contributed by atoms with van der Waals surface area (Å²) < 4.78 is 37.1. The minimum absolute atomic E-state index is 0.0812. The van der Waals surface area contributed by atoms with Crippen molar-refractivity contribution in [1.82, 2.24) is 24.9 Å². The highest BCUT2D eigenvalue weighted by atomic mass is 31.0. The predicted octanol–water partition coefficient (Wildman–Crippen LogP) is 3.25. The van der Waals surface area contributed by atoms with E-state index < -0.39 is 12.3 Å². The summed E-state index contributed by atoms with van der Waals surface area (Å²) in [5.41, 5.74) is -0.943. The van der Waals surface area contributed by atoms with Crippen LogP contribution in [-0.4, -0.2) is 37.2 Å². The fraction of sp³-hybridized carbons (Fsp3) is 0.150. The van der Waals surface area contributed by atoms with E-state index in [1.807, 2.05) is 30.3 Å². The maximum absolute atomic E-state index is 12.8. The highest BCUT2D eigenvalue weighted by Gasteiger charge is 2.22. The van der Waals surface area contributed by atoms with Crippen LogP contribution in [0.2, 0.25) is 0 Å². The minimum Gasteiger partial charge on any atom is -0.457 e. The molecule has 0 radical (unpaired) electrons. The van der Waals surface area contributed by atoms with E-state index in [1.165, 1.54) is 38.4 Å². The fourth-order valence-corrected chi connectivity index (χ4v) is 2.76. The van der Waals surface area contributed by atoms with Gasteiger partial charge in [0.1, 0.15) is 12.2 Å². The number of nitrogens with zero attached hydrogens (tertiary/aromatic N) is 5. The molecular weight excluding hydrogens is 427 g/mol. The molecular formula is C20H16F2N5O3P. The van der Waals surface area contributed by atoms with E-state index in [2.05, 4.69) is 20.2 Å². The van der Waals surface area contributed by atoms with Crippen LogP contribution < -0.4 is 10.3 Å². The highest BCUT2D eigenvalue weighted by molar-refractivity contribution is 7.18. The third kappa shape index (κ3) is 5.35. The van der Waals surface area contributed by atoms with Crippen molar-refractivity contribution in [3.8, 4) is 28.5 Å². The zero-order chi connectivity index (χ0) is 21.8. The summed E-state index contributed by atoms with van der Waals surface area (Å²) in [6.07, 6.45) is 2.75. The lowest BCUT2D eigenvalue weighted by atomic mass is 10.1. The SMILES string of the molecule is O=c1ccc(-c2cnc(OCC(F)(F)P)nc2)nn1Cc1cc(-c2ccccc2)no1. The molecule has 11 heteroatoms. The molecule has 0 fully saturated rings. The molecule has 3 heterocycles. The summed E-state index contributed by atoms with van der Waals surface area (Å²) in [5.74, 6) is 0.462. The number of halogens is 2. The van der Waals surface area contributed by atoms with Crippen molar-refractivity contribution in [1.29, 1.82) is 0 Å². The summed E-state index contributed by atoms with van der Waals surface area (Å²) in [5, 5.41) is 8.34. The highest BCUT2D eigenvalue weighted by Crippen LogP contribution is 2.23. The van der Waals surface area contributed by atoms with E-state index in [0.29, 0.717) is 22.7 Å². The number of aromatic nitrogens is 5. The average Bonchev–Trinajstić information content (AvgIpc) is 3.23. The third-order valence-corrected chi connectivity index (χ3v) is 4.29. The van der Waals surface area contributed by atoms with Gasteiger partial charge < -0.3 is 9.26 Å². The summed E-state index contributed by atoms with van der Waals surface area (Å²) >= 11 is 0. The molecule has 0 aliphatic rings. The molecule has 4 rings (SSSR count). The largest absolute Gasteiger partial charge is 0.457 e. The Morgan fingerprint density at radius 1 is 1.03 bits per heavy atom. The average molecular weight is 443 g/mol. The van der Waals surface area contributed by atoms with Crippen LogP contribution in [-0.2, 0) is 6.54 Å². The molecule has 1 unspecified atom stereocenters. The Kier molecular flexibility index (Phi) is 5.81. The lowest BCUT2D eigenvalue weighted by Gasteiger charge is -2.10. The van der Waals surface area contributed by atoms with Crippen LogP contribution >= 0.6 is 9.24 Å². The number of rotatable bonds is 7. The predicted molar refractivity (Wildman–Crippen MR) is 111 cm³/mol. The molecule has 31 heavy (non-hydrogen) atoms. The Labute approximate surface area is 177 Å². The zero-order valence-electron chi connectivity index (χ0n) is 16.0. The molecule has 0 aliphatic carbocycles. The number of hydrogen-bond donors (Lipinski definition) is 0. The fourth-order valence-electron chi connectivity index (χ4n) is 2.68. The second-order valence-electron chi connectivity index (χ2n) is 6.56. The molecule has 0 saturated carbocycles. The van der Waals surface area contributed by atoms with E-state index in [-0.39, 0.29) is 18.1 Å². The van der Waals surface area contributed by atoms with Crippen molar-refractivity contribution >= 4 is 9.24 Å². The topological polar surface area (TPSA) is 95.9 Å². The van der Waals surface area contributed by atoms with Crippen LogP contribution in [0.5, 0.6) is 6.01 Å². The van der Waals surface area contributed by atoms with Crippen molar-refractivity contribution in [2.75, 3.05) is 6.61 Å². The molecule has 0 spiro atoms. The number of hydrogen-bond acceptors (Lipinski definition) is 7. The van der Waals surface area contributed by atoms with Crippen LogP contribution in [0.4, 0.5) is 8.78 Å². The maximum atomic E-state index is 12.8. The van der Waals surface area contributed by atoms with E-state index in [9.17, 15) is 13.6 Å². The first kappa shape index (κ1) is 20.7. The molecule has 1 aromatic carbocycles. The molecule has 0 saturated heterocycles. The van der Waals surface area contributed by atoms with Crippen LogP contribution in [0.1, 0.15) is 5.76 Å². The second kappa shape index (κ2) is 8.69. The number of ether oxygens (including phenoxy) is 1. The Morgan fingerprint density at radius 3 is 2.48 bits per heavy atom. The molecule has 1 atom stereocenters. The number of alkyl halides is 2. The first-order valence-corrected chi connectivity index (χ1v) is 9.66. The van der Waals surface area contributed by atoms with Gasteiger partial charge in [0.25, 0.3) is 11.2 Å². The zero-order valence-corrected chi connectivity index (χ0v) is 17.1. The molecule has 0 bridgehead atoms. The molecule has 0 amide bonds. The first-order valence-electron chi connectivity index (χ1n) is 9.08. The Balaban J connectivity index is 1.51. The van der Waals surface area contributed by atoms with Gasteiger partial charge in [-0.1, -0.05) is 44.7 Å². The smallest absolute Gasteiger partial charge is 0.316 e. The lowest BCUT2D eigenvalue weighted by Crippen LogP contribution is -2.22. The van der Waals surface area contributed by atoms with E-state index >= 15 is 0 Å². The summed E-state index contributed by atoms with van der Waals surface area (Å²) in [7, 11) is 1.38. The van der Waals surface area contributed by atoms with E-state index in [4.69, 9.17) is 9.26 Å². The minimum atomic E-state index is -3.07. The standard InChI is InChI=1S/C20H16F2N5O3P/c21-20(22,31)12-29-19-23-9-14(10-24-19)16-6-7-18(28)27(25-16)11-15-8-17(26-30-15)13-4-2-1-3-5-13/h1-10H,11-12,31H2.